The summed E-state index contributed by atoms with van der Waals surface area (Å²) in [5.74, 6) is -0.115. The minimum Gasteiger partial charge on any atom is -0.481 e. The number of morpholine rings is 1. The van der Waals surface area contributed by atoms with E-state index in [1.165, 1.54) is 0 Å². The maximum Gasteiger partial charge on any atom is 0.308 e. The summed E-state index contributed by atoms with van der Waals surface area (Å²) in [6.07, 6.45) is 5.96. The lowest BCUT2D eigenvalue weighted by molar-refractivity contribution is -0.148. The van der Waals surface area contributed by atoms with Gasteiger partial charge < -0.3 is 9.84 Å². The predicted octanol–water partition coefficient (Wildman–Crippen LogP) is 1.74. The molecule has 4 nitrogen and oxygen atoms in total. The Morgan fingerprint density at radius 1 is 1.17 bits per heavy atom. The molecule has 5 atom stereocenters. The third-order valence-corrected chi connectivity index (χ3v) is 4.94. The Morgan fingerprint density at radius 2 is 1.83 bits per heavy atom. The summed E-state index contributed by atoms with van der Waals surface area (Å²) in [4.78, 5) is 13.9. The highest BCUT2D eigenvalue weighted by Crippen LogP contribution is 2.36. The highest BCUT2D eigenvalue weighted by atomic mass is 16.5. The fourth-order valence-electron chi connectivity index (χ4n) is 3.96. The Balaban J connectivity index is 1.73. The van der Waals surface area contributed by atoms with Gasteiger partial charge in [0.25, 0.3) is 0 Å². The van der Waals surface area contributed by atoms with Crippen molar-refractivity contribution in [2.24, 2.45) is 11.8 Å². The lowest BCUT2D eigenvalue weighted by Gasteiger charge is -2.43. The van der Waals surface area contributed by atoms with Crippen molar-refractivity contribution in [3.63, 3.8) is 0 Å². The molecular weight excluding hydrogens is 230 g/mol. The van der Waals surface area contributed by atoms with E-state index in [0.717, 1.165) is 45.2 Å². The second kappa shape index (κ2) is 4.82. The van der Waals surface area contributed by atoms with E-state index in [4.69, 9.17) is 4.74 Å². The normalized spacial score (nSPS) is 45.1. The van der Waals surface area contributed by atoms with Gasteiger partial charge in [0.2, 0.25) is 0 Å². The van der Waals surface area contributed by atoms with Crippen molar-refractivity contribution in [1.29, 1.82) is 0 Å². The van der Waals surface area contributed by atoms with Crippen LogP contribution in [0.4, 0.5) is 0 Å². The lowest BCUT2D eigenvalue weighted by atomic mass is 9.78. The highest BCUT2D eigenvalue weighted by Gasteiger charge is 2.42. The molecule has 1 N–H and O–H groups in total. The average Bonchev–Trinajstić information content (AvgIpc) is 2.67. The van der Waals surface area contributed by atoms with Crippen LogP contribution in [-0.4, -0.2) is 47.3 Å². The zero-order chi connectivity index (χ0) is 12.7. The molecule has 2 bridgehead atoms. The van der Waals surface area contributed by atoms with E-state index in [0.29, 0.717) is 18.1 Å². The Labute approximate surface area is 108 Å². The number of nitrogens with zero attached hydrogens (tertiary/aromatic N) is 1. The molecule has 0 amide bonds. The van der Waals surface area contributed by atoms with E-state index in [9.17, 15) is 9.90 Å². The number of hydrogen-bond acceptors (Lipinski definition) is 3. The Kier molecular flexibility index (Phi) is 3.32. The molecule has 2 heterocycles. The molecule has 102 valence electrons. The van der Waals surface area contributed by atoms with Gasteiger partial charge in [0.1, 0.15) is 0 Å². The topological polar surface area (TPSA) is 49.8 Å². The van der Waals surface area contributed by atoms with Crippen molar-refractivity contribution in [2.45, 2.75) is 57.3 Å². The summed E-state index contributed by atoms with van der Waals surface area (Å²) in [7, 11) is 0. The first-order chi connectivity index (χ1) is 8.63. The van der Waals surface area contributed by atoms with Gasteiger partial charge in [0.15, 0.2) is 0 Å². The minimum atomic E-state index is -0.606. The number of aliphatic carboxylic acids is 1. The number of hydrogen-bond donors (Lipinski definition) is 1. The summed E-state index contributed by atoms with van der Waals surface area (Å²) in [5.41, 5.74) is 0. The van der Waals surface area contributed by atoms with Crippen LogP contribution < -0.4 is 0 Å². The van der Waals surface area contributed by atoms with E-state index in [-0.39, 0.29) is 12.0 Å². The molecule has 1 aliphatic carbocycles. The monoisotopic (exact) mass is 253 g/mol. The first-order valence-corrected chi connectivity index (χ1v) is 7.26. The van der Waals surface area contributed by atoms with Gasteiger partial charge in [-0.25, -0.2) is 0 Å². The maximum absolute atomic E-state index is 11.4. The molecule has 5 unspecified atom stereocenters. The van der Waals surface area contributed by atoms with Gasteiger partial charge in [-0.05, 0) is 38.0 Å². The number of likely N-dealkylation sites (tertiary alicyclic amines) is 1. The molecule has 3 rings (SSSR count). The number of carbonyl (C=O) groups is 1. The van der Waals surface area contributed by atoms with Crippen LogP contribution in [0.15, 0.2) is 0 Å². The number of carboxylic acids is 1. The van der Waals surface area contributed by atoms with Crippen molar-refractivity contribution in [3.05, 3.63) is 0 Å². The van der Waals surface area contributed by atoms with E-state index in [2.05, 4.69) is 11.8 Å². The largest absolute Gasteiger partial charge is 0.481 e. The van der Waals surface area contributed by atoms with Gasteiger partial charge in [-0.3, -0.25) is 9.69 Å². The Morgan fingerprint density at radius 3 is 2.44 bits per heavy atom. The van der Waals surface area contributed by atoms with Crippen molar-refractivity contribution in [3.8, 4) is 0 Å². The predicted molar refractivity (Wildman–Crippen MR) is 67.4 cm³/mol. The second-order valence-corrected chi connectivity index (χ2v) is 6.34. The number of fused-ring (bicyclic) bond motifs is 2. The molecule has 2 aliphatic heterocycles. The van der Waals surface area contributed by atoms with E-state index < -0.39 is 5.97 Å². The van der Waals surface area contributed by atoms with Gasteiger partial charge in [-0.1, -0.05) is 6.92 Å². The first kappa shape index (κ1) is 12.4. The van der Waals surface area contributed by atoms with Crippen molar-refractivity contribution in [2.75, 3.05) is 13.1 Å². The molecule has 0 spiro atoms. The number of ether oxygens (including phenoxy) is 1. The van der Waals surface area contributed by atoms with Crippen LogP contribution in [-0.2, 0) is 9.53 Å². The molecule has 0 aromatic carbocycles. The van der Waals surface area contributed by atoms with Gasteiger partial charge in [0.05, 0.1) is 18.1 Å². The van der Waals surface area contributed by atoms with Crippen molar-refractivity contribution >= 4 is 5.97 Å². The molecule has 3 fully saturated rings. The van der Waals surface area contributed by atoms with Crippen LogP contribution in [0.5, 0.6) is 0 Å². The Hall–Kier alpha value is -0.610. The molecule has 0 aromatic rings. The van der Waals surface area contributed by atoms with E-state index in [1.54, 1.807) is 0 Å². The molecule has 0 radical (unpaired) electrons. The third kappa shape index (κ3) is 2.28. The molecule has 4 heteroatoms. The number of rotatable bonds is 2. The number of carboxylic acid groups (broad SMARTS) is 1. The SMILES string of the molecule is CC1CCC(C(=O)O)C(N2CC3CCC(C2)O3)C1. The van der Waals surface area contributed by atoms with Gasteiger partial charge in [-0.2, -0.15) is 0 Å². The molecule has 0 aromatic heterocycles. The van der Waals surface area contributed by atoms with Crippen molar-refractivity contribution < 1.29 is 14.6 Å². The van der Waals surface area contributed by atoms with Crippen LogP contribution in [0.2, 0.25) is 0 Å². The standard InChI is InChI=1S/C14H23NO3/c1-9-2-5-12(14(16)17)13(6-9)15-7-10-3-4-11(8-15)18-10/h9-13H,2-8H2,1H3,(H,16,17). The van der Waals surface area contributed by atoms with Crippen LogP contribution in [0, 0.1) is 11.8 Å². The second-order valence-electron chi connectivity index (χ2n) is 6.34. The highest BCUT2D eigenvalue weighted by molar-refractivity contribution is 5.71. The van der Waals surface area contributed by atoms with Gasteiger partial charge in [0, 0.05) is 19.1 Å². The van der Waals surface area contributed by atoms with Crippen LogP contribution in [0.1, 0.15) is 39.0 Å². The van der Waals surface area contributed by atoms with Crippen LogP contribution >= 0.6 is 0 Å². The van der Waals surface area contributed by atoms with E-state index >= 15 is 0 Å². The lowest BCUT2D eigenvalue weighted by Crippen LogP contribution is -2.53. The smallest absolute Gasteiger partial charge is 0.308 e. The summed E-state index contributed by atoms with van der Waals surface area (Å²) in [6, 6.07) is 0.234. The van der Waals surface area contributed by atoms with Crippen molar-refractivity contribution in [1.82, 2.24) is 4.90 Å². The molecule has 3 aliphatic rings. The zero-order valence-electron chi connectivity index (χ0n) is 11.0. The Bertz CT molecular complexity index is 321. The minimum absolute atomic E-state index is 0.168. The summed E-state index contributed by atoms with van der Waals surface area (Å²) < 4.78 is 5.85. The first-order valence-electron chi connectivity index (χ1n) is 7.26. The average molecular weight is 253 g/mol. The maximum atomic E-state index is 11.4. The molecule has 18 heavy (non-hydrogen) atoms. The van der Waals surface area contributed by atoms with Crippen LogP contribution in [0.25, 0.3) is 0 Å². The summed E-state index contributed by atoms with van der Waals surface area (Å²) in [5, 5.41) is 9.42. The molecule has 2 saturated heterocycles. The fraction of sp³-hybridized carbons (Fsp3) is 0.929. The quantitative estimate of drug-likeness (QED) is 0.814. The summed E-state index contributed by atoms with van der Waals surface area (Å²) in [6.45, 7) is 4.13. The molecule has 1 saturated carbocycles. The van der Waals surface area contributed by atoms with E-state index in [1.807, 2.05) is 0 Å². The summed E-state index contributed by atoms with van der Waals surface area (Å²) >= 11 is 0. The fourth-order valence-corrected chi connectivity index (χ4v) is 3.96. The molecular formula is C14H23NO3. The zero-order valence-corrected chi connectivity index (χ0v) is 11.0. The van der Waals surface area contributed by atoms with Gasteiger partial charge >= 0.3 is 5.97 Å². The van der Waals surface area contributed by atoms with Crippen LogP contribution in [0.3, 0.4) is 0 Å². The van der Waals surface area contributed by atoms with Gasteiger partial charge in [-0.15, -0.1) is 0 Å². The third-order valence-electron chi connectivity index (χ3n) is 4.94.